The van der Waals surface area contributed by atoms with Crippen LogP contribution in [0.3, 0.4) is 0 Å². The van der Waals surface area contributed by atoms with Gasteiger partial charge in [0.2, 0.25) is 5.91 Å². The van der Waals surface area contributed by atoms with Gasteiger partial charge in [0.05, 0.1) is 12.4 Å². The molecule has 0 aromatic carbocycles. The van der Waals surface area contributed by atoms with Crippen molar-refractivity contribution in [1.82, 2.24) is 5.32 Å². The van der Waals surface area contributed by atoms with Crippen molar-refractivity contribution in [2.75, 3.05) is 18.9 Å². The lowest BCUT2D eigenvalue weighted by molar-refractivity contribution is -0.177. The molecule has 0 aromatic rings. The summed E-state index contributed by atoms with van der Waals surface area (Å²) in [6.07, 6.45) is 0.660. The Bertz CT molecular complexity index is 557. The van der Waals surface area contributed by atoms with Crippen LogP contribution in [0.1, 0.15) is 53.9 Å². The number of amides is 1. The third kappa shape index (κ3) is 8.15. The monoisotopic (exact) mass is 381 g/mol. The number of carboxylic acid groups (broad SMARTS) is 1. The normalized spacial score (nSPS) is 15.0. The van der Waals surface area contributed by atoms with Crippen LogP contribution in [0.5, 0.6) is 0 Å². The molecule has 8 nitrogen and oxygen atoms in total. The highest BCUT2D eigenvalue weighted by Crippen LogP contribution is 2.37. The number of aliphatic hydroxyl groups is 1. The third-order valence-corrected chi connectivity index (χ3v) is 5.37. The van der Waals surface area contributed by atoms with Gasteiger partial charge in [-0.2, -0.15) is 8.42 Å². The number of nitrogens with one attached hydrogen (secondary N) is 1. The molecule has 0 aliphatic rings. The number of rotatable bonds is 12. The average Bonchev–Trinajstić information content (AvgIpc) is 2.47. The highest BCUT2D eigenvalue weighted by atomic mass is 32.2. The zero-order chi connectivity index (χ0) is 19.9. The molecule has 0 bridgehead atoms. The molecule has 0 aliphatic carbocycles. The molecule has 9 heteroatoms. The largest absolute Gasteiger partial charge is 0.479 e. The van der Waals surface area contributed by atoms with E-state index in [-0.39, 0.29) is 37.0 Å². The molecular formula is C16H31NO7S. The first-order valence-electron chi connectivity index (χ1n) is 8.31. The Balaban J connectivity index is 4.85. The van der Waals surface area contributed by atoms with Crippen molar-refractivity contribution in [3.8, 4) is 0 Å². The van der Waals surface area contributed by atoms with Crippen molar-refractivity contribution in [3.63, 3.8) is 0 Å². The van der Waals surface area contributed by atoms with E-state index >= 15 is 0 Å². The highest BCUT2D eigenvalue weighted by molar-refractivity contribution is 7.86. The molecule has 0 radical (unpaired) electrons. The predicted octanol–water partition coefficient (Wildman–Crippen LogP) is 1.14. The van der Waals surface area contributed by atoms with E-state index < -0.39 is 33.7 Å². The number of hydrogen-bond acceptors (Lipinski definition) is 6. The summed E-state index contributed by atoms with van der Waals surface area (Å²) in [5.74, 6) is -1.76. The molecule has 0 heterocycles. The van der Waals surface area contributed by atoms with Crippen LogP contribution in [0.4, 0.5) is 0 Å². The summed E-state index contributed by atoms with van der Waals surface area (Å²) >= 11 is 0. The number of hydrogen-bond donors (Lipinski definition) is 3. The van der Waals surface area contributed by atoms with Crippen LogP contribution in [0, 0.1) is 11.3 Å². The van der Waals surface area contributed by atoms with E-state index in [0.717, 1.165) is 0 Å². The van der Waals surface area contributed by atoms with Crippen molar-refractivity contribution in [1.29, 1.82) is 0 Å². The second-order valence-electron chi connectivity index (χ2n) is 7.34. The van der Waals surface area contributed by atoms with Crippen LogP contribution in [-0.4, -0.2) is 55.0 Å². The van der Waals surface area contributed by atoms with Gasteiger partial charge in [0.15, 0.2) is 5.60 Å². The maximum absolute atomic E-state index is 11.9. The molecule has 0 saturated carbocycles. The van der Waals surface area contributed by atoms with E-state index in [1.165, 1.54) is 20.8 Å². The Morgan fingerprint density at radius 3 is 2.24 bits per heavy atom. The van der Waals surface area contributed by atoms with E-state index in [0.29, 0.717) is 6.42 Å². The fourth-order valence-corrected chi connectivity index (χ4v) is 3.25. The second-order valence-corrected chi connectivity index (χ2v) is 9.10. The van der Waals surface area contributed by atoms with Crippen LogP contribution >= 0.6 is 0 Å². The summed E-state index contributed by atoms with van der Waals surface area (Å²) in [6, 6.07) is 0. The SMILES string of the molecule is CC(=O)NCCCS(=O)(=O)OCC(C)(C)[C@](O)(CCC(C)C)C(=O)O. The van der Waals surface area contributed by atoms with Gasteiger partial charge in [-0.05, 0) is 25.2 Å². The number of aliphatic carboxylic acids is 1. The Morgan fingerprint density at radius 2 is 1.80 bits per heavy atom. The van der Waals surface area contributed by atoms with Crippen LogP contribution in [0.15, 0.2) is 0 Å². The minimum atomic E-state index is -3.89. The Morgan fingerprint density at radius 1 is 1.24 bits per heavy atom. The van der Waals surface area contributed by atoms with Crippen LogP contribution in [0.2, 0.25) is 0 Å². The zero-order valence-corrected chi connectivity index (χ0v) is 16.5. The van der Waals surface area contributed by atoms with Gasteiger partial charge in [-0.1, -0.05) is 27.7 Å². The first-order valence-corrected chi connectivity index (χ1v) is 9.88. The quantitative estimate of drug-likeness (QED) is 0.341. The van der Waals surface area contributed by atoms with E-state index in [1.807, 2.05) is 13.8 Å². The average molecular weight is 381 g/mol. The maximum Gasteiger partial charge on any atom is 0.336 e. The van der Waals surface area contributed by atoms with Gasteiger partial charge in [-0.3, -0.25) is 8.98 Å². The molecule has 0 saturated heterocycles. The minimum Gasteiger partial charge on any atom is -0.479 e. The fraction of sp³-hybridized carbons (Fsp3) is 0.875. The van der Waals surface area contributed by atoms with E-state index in [9.17, 15) is 28.2 Å². The molecule has 3 N–H and O–H groups in total. The van der Waals surface area contributed by atoms with Crippen LogP contribution in [0.25, 0.3) is 0 Å². The van der Waals surface area contributed by atoms with Gasteiger partial charge >= 0.3 is 5.97 Å². The summed E-state index contributed by atoms with van der Waals surface area (Å²) < 4.78 is 28.8. The minimum absolute atomic E-state index is 0.00105. The highest BCUT2D eigenvalue weighted by Gasteiger charge is 2.50. The molecule has 1 atom stereocenters. The van der Waals surface area contributed by atoms with E-state index in [4.69, 9.17) is 4.18 Å². The standard InChI is InChI=1S/C16H31NO7S/c1-12(2)7-8-16(21,14(19)20)15(4,5)11-24-25(22,23)10-6-9-17-13(3)18/h12,21H,6-11H2,1-5H3,(H,17,18)(H,19,20)/t16-/m0/s1. The Labute approximate surface area is 150 Å². The molecule has 0 aliphatic heterocycles. The lowest BCUT2D eigenvalue weighted by atomic mass is 9.72. The Hall–Kier alpha value is -1.19. The number of carbonyl (C=O) groups is 2. The van der Waals surface area contributed by atoms with Crippen molar-refractivity contribution >= 4 is 22.0 Å². The Kier molecular flexibility index (Phi) is 9.04. The topological polar surface area (TPSA) is 130 Å². The van der Waals surface area contributed by atoms with Gasteiger partial charge in [0.1, 0.15) is 0 Å². The summed E-state index contributed by atoms with van der Waals surface area (Å²) in [4.78, 5) is 22.3. The summed E-state index contributed by atoms with van der Waals surface area (Å²) in [6.45, 7) is 7.84. The van der Waals surface area contributed by atoms with Crippen molar-refractivity contribution < 1.29 is 32.4 Å². The number of carboxylic acids is 1. The van der Waals surface area contributed by atoms with Crippen molar-refractivity contribution in [2.24, 2.45) is 11.3 Å². The van der Waals surface area contributed by atoms with Crippen molar-refractivity contribution in [3.05, 3.63) is 0 Å². The number of carbonyl (C=O) groups excluding carboxylic acids is 1. The summed E-state index contributed by atoms with van der Waals surface area (Å²) in [5, 5.41) is 22.5. The predicted molar refractivity (Wildman–Crippen MR) is 93.5 cm³/mol. The second kappa shape index (κ2) is 9.49. The molecule has 0 fully saturated rings. The maximum atomic E-state index is 11.9. The first kappa shape index (κ1) is 23.8. The summed E-state index contributed by atoms with van der Waals surface area (Å²) in [7, 11) is -3.89. The molecule has 0 aromatic heterocycles. The van der Waals surface area contributed by atoms with Crippen LogP contribution < -0.4 is 5.32 Å². The lowest BCUT2D eigenvalue weighted by Gasteiger charge is -2.39. The van der Waals surface area contributed by atoms with Gasteiger partial charge in [-0.15, -0.1) is 0 Å². The van der Waals surface area contributed by atoms with E-state index in [1.54, 1.807) is 0 Å². The first-order chi connectivity index (χ1) is 11.2. The summed E-state index contributed by atoms with van der Waals surface area (Å²) in [5.41, 5.74) is -3.40. The van der Waals surface area contributed by atoms with Crippen LogP contribution in [-0.2, 0) is 23.9 Å². The molecule has 0 unspecified atom stereocenters. The van der Waals surface area contributed by atoms with Gasteiger partial charge < -0.3 is 15.5 Å². The zero-order valence-electron chi connectivity index (χ0n) is 15.7. The van der Waals surface area contributed by atoms with Gasteiger partial charge in [0, 0.05) is 18.9 Å². The third-order valence-electron chi connectivity index (χ3n) is 4.10. The molecule has 0 rings (SSSR count). The molecule has 1 amide bonds. The van der Waals surface area contributed by atoms with Gasteiger partial charge in [-0.25, -0.2) is 4.79 Å². The molecule has 0 spiro atoms. The molecule has 148 valence electrons. The molecular weight excluding hydrogens is 350 g/mol. The van der Waals surface area contributed by atoms with Crippen molar-refractivity contribution in [2.45, 2.75) is 59.5 Å². The van der Waals surface area contributed by atoms with Gasteiger partial charge in [0.25, 0.3) is 10.1 Å². The lowest BCUT2D eigenvalue weighted by Crippen LogP contribution is -2.54. The van der Waals surface area contributed by atoms with E-state index in [2.05, 4.69) is 5.32 Å². The fourth-order valence-electron chi connectivity index (χ4n) is 2.16. The smallest absolute Gasteiger partial charge is 0.336 e. The molecule has 25 heavy (non-hydrogen) atoms.